The normalized spacial score (nSPS) is 17.3. The van der Waals surface area contributed by atoms with E-state index in [1.807, 2.05) is 0 Å². The Morgan fingerprint density at radius 3 is 0.956 bits per heavy atom. The molecule has 0 aromatic carbocycles. The summed E-state index contributed by atoms with van der Waals surface area (Å²) < 4.78 is 4.78. The van der Waals surface area contributed by atoms with Gasteiger partial charge in [-0.3, -0.25) is 9.59 Å². The number of ether oxygens (including phenoxy) is 1. The highest BCUT2D eigenvalue weighted by Crippen LogP contribution is 2.15. The number of rotatable bonds is 29. The average Bonchev–Trinajstić information content (AvgIpc) is 3.34. The molecule has 0 aliphatic carbocycles. The molecule has 5 N–H and O–H groups in total. The highest BCUT2D eigenvalue weighted by Gasteiger charge is 2.33. The fourth-order valence-corrected chi connectivity index (χ4v) is 5.42. The monoisotopic (exact) mass is 647 g/mol. The predicted octanol–water partition coefficient (Wildman–Crippen LogP) is 9.20. The third kappa shape index (κ3) is 37.1. The number of hydrogen-bond donors (Lipinski definition) is 5. The molecule has 0 bridgehead atoms. The van der Waals surface area contributed by atoms with E-state index in [0.717, 1.165) is 25.7 Å². The molecule has 1 rings (SSSR count). The summed E-state index contributed by atoms with van der Waals surface area (Å²) >= 11 is 0. The van der Waals surface area contributed by atoms with Crippen LogP contribution in [-0.2, 0) is 14.3 Å². The Bertz CT molecular complexity index is 575. The molecule has 0 unspecified atom stereocenters. The van der Waals surface area contributed by atoms with Crippen LogP contribution in [-0.4, -0.2) is 69.0 Å². The van der Waals surface area contributed by atoms with Crippen molar-refractivity contribution in [2.24, 2.45) is 0 Å². The molecule has 8 nitrogen and oxygen atoms in total. The van der Waals surface area contributed by atoms with Gasteiger partial charge in [-0.2, -0.15) is 0 Å². The van der Waals surface area contributed by atoms with Gasteiger partial charge in [0.15, 0.2) is 0 Å². The fourth-order valence-electron chi connectivity index (χ4n) is 5.42. The number of carbonyl (C=O) groups is 2. The van der Waals surface area contributed by atoms with Gasteiger partial charge in [-0.25, -0.2) is 0 Å². The van der Waals surface area contributed by atoms with Crippen molar-refractivity contribution in [1.82, 2.24) is 0 Å². The van der Waals surface area contributed by atoms with E-state index in [0.29, 0.717) is 12.8 Å². The van der Waals surface area contributed by atoms with E-state index in [-0.39, 0.29) is 13.2 Å². The molecule has 0 amide bonds. The lowest BCUT2D eigenvalue weighted by Gasteiger charge is -2.10. The minimum atomic E-state index is -0.921. The molecule has 1 heterocycles. The third-order valence-electron chi connectivity index (χ3n) is 8.42. The van der Waals surface area contributed by atoms with Crippen molar-refractivity contribution in [2.75, 3.05) is 13.2 Å². The number of carboxylic acid groups (broad SMARTS) is 2. The fraction of sp³-hybridized carbons (Fsp3) is 0.946. The molecule has 0 radical (unpaired) electrons. The lowest BCUT2D eigenvalue weighted by molar-refractivity contribution is -0.138. The quantitative estimate of drug-likeness (QED) is 0.0506. The van der Waals surface area contributed by atoms with Crippen molar-refractivity contribution in [3.05, 3.63) is 0 Å². The van der Waals surface area contributed by atoms with Crippen molar-refractivity contribution < 1.29 is 39.9 Å². The standard InChI is InChI=1S/2C16H32O2.C5H10O4/c2*1-2-3-4-5-6-7-8-9-10-11-12-13-14-15-16(17)18;6-1-4-5(8)3(7)2-9-4/h2*2-15H2,1H3,(H,17,18);3-8H,1-2H2/t;;3-,4+,5-/m..0/s1. The van der Waals surface area contributed by atoms with Crippen molar-refractivity contribution in [2.45, 2.75) is 212 Å². The second kappa shape index (κ2) is 37.2. The average molecular weight is 647 g/mol. The smallest absolute Gasteiger partial charge is 0.303 e. The van der Waals surface area contributed by atoms with Gasteiger partial charge in [0, 0.05) is 12.8 Å². The first-order valence-electron chi connectivity index (χ1n) is 18.8. The minimum Gasteiger partial charge on any atom is -0.481 e. The molecule has 0 aromatic heterocycles. The zero-order valence-electron chi connectivity index (χ0n) is 29.4. The van der Waals surface area contributed by atoms with Gasteiger partial charge in [-0.15, -0.1) is 0 Å². The summed E-state index contributed by atoms with van der Waals surface area (Å²) in [4.78, 5) is 20.6. The maximum atomic E-state index is 10.3. The lowest BCUT2D eigenvalue weighted by Crippen LogP contribution is -2.31. The van der Waals surface area contributed by atoms with E-state index in [9.17, 15) is 9.59 Å². The molecule has 0 saturated carbocycles. The molecule has 1 aliphatic rings. The van der Waals surface area contributed by atoms with Crippen LogP contribution < -0.4 is 0 Å². The topological polar surface area (TPSA) is 145 Å². The summed E-state index contributed by atoms with van der Waals surface area (Å²) in [5, 5.41) is 43.2. The summed E-state index contributed by atoms with van der Waals surface area (Å²) in [6.45, 7) is 4.40. The van der Waals surface area contributed by atoms with Gasteiger partial charge in [0.05, 0.1) is 13.2 Å². The van der Waals surface area contributed by atoms with Gasteiger partial charge in [0.2, 0.25) is 0 Å². The highest BCUT2D eigenvalue weighted by molar-refractivity contribution is 5.66. The van der Waals surface area contributed by atoms with E-state index in [2.05, 4.69) is 13.8 Å². The Labute approximate surface area is 276 Å². The molecular weight excluding hydrogens is 572 g/mol. The van der Waals surface area contributed by atoms with Crippen LogP contribution in [0.15, 0.2) is 0 Å². The van der Waals surface area contributed by atoms with Gasteiger partial charge < -0.3 is 30.3 Å². The molecule has 1 fully saturated rings. The number of aliphatic hydroxyl groups is 3. The van der Waals surface area contributed by atoms with Gasteiger partial charge in [-0.05, 0) is 12.8 Å². The summed E-state index contributed by atoms with van der Waals surface area (Å²) in [6.07, 6.45) is 32.2. The molecule has 0 aromatic rings. The lowest BCUT2D eigenvalue weighted by atomic mass is 10.0. The van der Waals surface area contributed by atoms with Crippen LogP contribution in [0.4, 0.5) is 0 Å². The summed E-state index contributed by atoms with van der Waals surface area (Å²) in [5.41, 5.74) is 0. The van der Waals surface area contributed by atoms with E-state index in [1.165, 1.54) is 141 Å². The summed E-state index contributed by atoms with van der Waals surface area (Å²) in [6, 6.07) is 0. The molecule has 1 saturated heterocycles. The van der Waals surface area contributed by atoms with Crippen LogP contribution in [0.1, 0.15) is 194 Å². The molecule has 270 valence electrons. The van der Waals surface area contributed by atoms with Crippen LogP contribution in [0.3, 0.4) is 0 Å². The van der Waals surface area contributed by atoms with Crippen LogP contribution in [0, 0.1) is 0 Å². The van der Waals surface area contributed by atoms with Crippen molar-refractivity contribution in [3.63, 3.8) is 0 Å². The molecular formula is C37H74O8. The van der Waals surface area contributed by atoms with Crippen LogP contribution in [0.2, 0.25) is 0 Å². The van der Waals surface area contributed by atoms with Gasteiger partial charge in [0.1, 0.15) is 18.3 Å². The number of unbranched alkanes of at least 4 members (excludes halogenated alkanes) is 24. The zero-order chi connectivity index (χ0) is 33.8. The van der Waals surface area contributed by atoms with E-state index >= 15 is 0 Å². The first kappa shape index (κ1) is 45.9. The number of aliphatic carboxylic acids is 2. The maximum absolute atomic E-state index is 10.3. The van der Waals surface area contributed by atoms with Crippen molar-refractivity contribution >= 4 is 11.9 Å². The van der Waals surface area contributed by atoms with Crippen LogP contribution in [0.5, 0.6) is 0 Å². The van der Waals surface area contributed by atoms with Gasteiger partial charge in [-0.1, -0.05) is 168 Å². The second-order valence-electron chi connectivity index (χ2n) is 12.9. The Balaban J connectivity index is 0. The highest BCUT2D eigenvalue weighted by atomic mass is 16.5. The Morgan fingerprint density at radius 1 is 0.511 bits per heavy atom. The maximum Gasteiger partial charge on any atom is 0.303 e. The van der Waals surface area contributed by atoms with Crippen molar-refractivity contribution in [3.8, 4) is 0 Å². The molecule has 1 aliphatic heterocycles. The van der Waals surface area contributed by atoms with Gasteiger partial charge in [0.25, 0.3) is 0 Å². The Morgan fingerprint density at radius 2 is 0.778 bits per heavy atom. The minimum absolute atomic E-state index is 0.117. The summed E-state index contributed by atoms with van der Waals surface area (Å²) in [7, 11) is 0. The SMILES string of the molecule is CCCCCCCCCCCCCCCC(=O)O.CCCCCCCCCCCCCCCC(=O)O.OC[C@H]1OC[C@H](O)[C@@H]1O. The van der Waals surface area contributed by atoms with E-state index in [1.54, 1.807) is 0 Å². The Kier molecular flexibility index (Phi) is 38.0. The number of aliphatic hydroxyl groups excluding tert-OH is 3. The predicted molar refractivity (Wildman–Crippen MR) is 185 cm³/mol. The van der Waals surface area contributed by atoms with Gasteiger partial charge >= 0.3 is 11.9 Å². The molecule has 3 atom stereocenters. The second-order valence-corrected chi connectivity index (χ2v) is 12.9. The number of hydrogen-bond acceptors (Lipinski definition) is 6. The van der Waals surface area contributed by atoms with E-state index in [4.69, 9.17) is 30.3 Å². The van der Waals surface area contributed by atoms with E-state index < -0.39 is 30.3 Å². The first-order chi connectivity index (χ1) is 21.8. The summed E-state index contributed by atoms with van der Waals surface area (Å²) in [5.74, 6) is -1.31. The third-order valence-corrected chi connectivity index (χ3v) is 8.42. The Hall–Kier alpha value is -1.22. The van der Waals surface area contributed by atoms with Crippen molar-refractivity contribution in [1.29, 1.82) is 0 Å². The number of carboxylic acids is 2. The molecule has 45 heavy (non-hydrogen) atoms. The van der Waals surface area contributed by atoms with Crippen LogP contribution in [0.25, 0.3) is 0 Å². The zero-order valence-corrected chi connectivity index (χ0v) is 29.4. The molecule has 8 heteroatoms. The van der Waals surface area contributed by atoms with Crippen LogP contribution >= 0.6 is 0 Å². The largest absolute Gasteiger partial charge is 0.481 e. The first-order valence-corrected chi connectivity index (χ1v) is 18.8. The molecule has 0 spiro atoms.